The van der Waals surface area contributed by atoms with Gasteiger partial charge < -0.3 is 5.32 Å². The molecule has 5 rings (SSSR count). The SMILES string of the molecule is Cc1cc(CCC(=O)c2ccc([C@@H](C)[C@@]3(C)C(=O)Nc4ncccc43)cn2)cc(C2CC2)n1. The number of anilines is 1. The van der Waals surface area contributed by atoms with Crippen molar-refractivity contribution in [2.24, 2.45) is 0 Å². The number of hydrogen-bond donors (Lipinski definition) is 1. The maximum atomic E-state index is 12.8. The van der Waals surface area contributed by atoms with Gasteiger partial charge in [0.05, 0.1) is 5.41 Å². The van der Waals surface area contributed by atoms with Gasteiger partial charge >= 0.3 is 0 Å². The predicted molar refractivity (Wildman–Crippen MR) is 126 cm³/mol. The minimum absolute atomic E-state index is 0.0241. The van der Waals surface area contributed by atoms with E-state index in [4.69, 9.17) is 0 Å². The van der Waals surface area contributed by atoms with Crippen molar-refractivity contribution in [1.29, 1.82) is 0 Å². The van der Waals surface area contributed by atoms with Gasteiger partial charge in [0.2, 0.25) is 5.91 Å². The summed E-state index contributed by atoms with van der Waals surface area (Å²) in [4.78, 5) is 39.0. The van der Waals surface area contributed by atoms with E-state index in [1.54, 1.807) is 18.5 Å². The quantitative estimate of drug-likeness (QED) is 0.529. The Kier molecular flexibility index (Phi) is 5.31. The molecule has 1 N–H and O–H groups in total. The molecule has 168 valence electrons. The number of carbonyl (C=O) groups is 2. The second-order valence-corrected chi connectivity index (χ2v) is 9.49. The first-order chi connectivity index (χ1) is 15.9. The van der Waals surface area contributed by atoms with Gasteiger partial charge in [0.25, 0.3) is 0 Å². The number of fused-ring (bicyclic) bond motifs is 1. The maximum Gasteiger partial charge on any atom is 0.236 e. The normalized spacial score (nSPS) is 20.3. The highest BCUT2D eigenvalue weighted by Crippen LogP contribution is 2.45. The molecule has 6 heteroatoms. The molecule has 33 heavy (non-hydrogen) atoms. The molecule has 2 aliphatic rings. The Morgan fingerprint density at radius 3 is 2.76 bits per heavy atom. The van der Waals surface area contributed by atoms with Crippen LogP contribution in [0.4, 0.5) is 5.82 Å². The van der Waals surface area contributed by atoms with Gasteiger partial charge in [-0.1, -0.05) is 19.1 Å². The summed E-state index contributed by atoms with van der Waals surface area (Å²) in [6.07, 6.45) is 6.93. The summed E-state index contributed by atoms with van der Waals surface area (Å²) in [6, 6.07) is 11.7. The zero-order chi connectivity index (χ0) is 23.2. The van der Waals surface area contributed by atoms with Crippen LogP contribution in [0.15, 0.2) is 48.8 Å². The fourth-order valence-electron chi connectivity index (χ4n) is 4.76. The summed E-state index contributed by atoms with van der Waals surface area (Å²) >= 11 is 0. The van der Waals surface area contributed by atoms with Gasteiger partial charge in [-0.05, 0) is 68.5 Å². The van der Waals surface area contributed by atoms with Crippen LogP contribution in [0.25, 0.3) is 0 Å². The van der Waals surface area contributed by atoms with E-state index < -0.39 is 5.41 Å². The number of aryl methyl sites for hydroxylation is 2. The lowest BCUT2D eigenvalue weighted by molar-refractivity contribution is -0.120. The smallest absolute Gasteiger partial charge is 0.236 e. The third kappa shape index (κ3) is 3.94. The summed E-state index contributed by atoms with van der Waals surface area (Å²) in [5.41, 5.74) is 4.86. The average Bonchev–Trinajstić information content (AvgIpc) is 3.64. The van der Waals surface area contributed by atoms with Crippen molar-refractivity contribution in [2.75, 3.05) is 5.32 Å². The number of amides is 1. The van der Waals surface area contributed by atoms with Crippen LogP contribution in [0.3, 0.4) is 0 Å². The molecule has 4 heterocycles. The first kappa shape index (κ1) is 21.4. The van der Waals surface area contributed by atoms with Crippen LogP contribution >= 0.6 is 0 Å². The van der Waals surface area contributed by atoms with Crippen molar-refractivity contribution in [3.05, 3.63) is 82.6 Å². The number of Topliss-reactive ketones (excluding diaryl/α,β-unsaturated/α-hetero) is 1. The number of hydrogen-bond acceptors (Lipinski definition) is 5. The molecular weight excluding hydrogens is 412 g/mol. The third-order valence-corrected chi connectivity index (χ3v) is 7.18. The van der Waals surface area contributed by atoms with Crippen LogP contribution in [-0.4, -0.2) is 26.6 Å². The van der Waals surface area contributed by atoms with E-state index in [-0.39, 0.29) is 17.6 Å². The Hall–Kier alpha value is -3.41. The lowest BCUT2D eigenvalue weighted by atomic mass is 9.71. The van der Waals surface area contributed by atoms with Crippen molar-refractivity contribution < 1.29 is 9.59 Å². The molecule has 0 spiro atoms. The number of nitrogens with zero attached hydrogens (tertiary/aromatic N) is 3. The monoisotopic (exact) mass is 440 g/mol. The minimum atomic E-state index is -0.741. The lowest BCUT2D eigenvalue weighted by Gasteiger charge is -2.29. The highest BCUT2D eigenvalue weighted by molar-refractivity contribution is 6.05. The fourth-order valence-corrected chi connectivity index (χ4v) is 4.76. The van der Waals surface area contributed by atoms with Gasteiger partial charge in [0.1, 0.15) is 11.5 Å². The van der Waals surface area contributed by atoms with Gasteiger partial charge in [-0.2, -0.15) is 0 Å². The summed E-state index contributed by atoms with van der Waals surface area (Å²) in [5, 5.41) is 2.89. The van der Waals surface area contributed by atoms with Crippen molar-refractivity contribution in [3.63, 3.8) is 0 Å². The Bertz CT molecular complexity index is 1230. The molecule has 6 nitrogen and oxygen atoms in total. The van der Waals surface area contributed by atoms with E-state index in [1.165, 1.54) is 12.8 Å². The number of carbonyl (C=O) groups excluding carboxylic acids is 2. The second kappa shape index (κ2) is 8.18. The maximum absolute atomic E-state index is 12.8. The Morgan fingerprint density at radius 1 is 1.21 bits per heavy atom. The van der Waals surface area contributed by atoms with Crippen LogP contribution in [0, 0.1) is 6.92 Å². The topological polar surface area (TPSA) is 84.8 Å². The molecule has 0 saturated heterocycles. The van der Waals surface area contributed by atoms with Gasteiger partial charge in [-0.3, -0.25) is 19.6 Å². The van der Waals surface area contributed by atoms with Crippen molar-refractivity contribution in [1.82, 2.24) is 15.0 Å². The van der Waals surface area contributed by atoms with Gasteiger partial charge in [-0.15, -0.1) is 0 Å². The average molecular weight is 441 g/mol. The summed E-state index contributed by atoms with van der Waals surface area (Å²) < 4.78 is 0. The molecule has 3 aromatic rings. The molecule has 1 fully saturated rings. The number of nitrogens with one attached hydrogen (secondary N) is 1. The van der Waals surface area contributed by atoms with Crippen molar-refractivity contribution >= 4 is 17.5 Å². The van der Waals surface area contributed by atoms with E-state index in [0.29, 0.717) is 30.3 Å². The Balaban J connectivity index is 1.29. The summed E-state index contributed by atoms with van der Waals surface area (Å²) in [5.74, 6) is 1.05. The van der Waals surface area contributed by atoms with E-state index in [0.717, 1.165) is 28.1 Å². The zero-order valence-electron chi connectivity index (χ0n) is 19.3. The van der Waals surface area contributed by atoms with Crippen LogP contribution in [0.2, 0.25) is 0 Å². The Morgan fingerprint density at radius 2 is 2.03 bits per heavy atom. The molecule has 2 atom stereocenters. The van der Waals surface area contributed by atoms with Gasteiger partial charge in [-0.25, -0.2) is 4.98 Å². The fraction of sp³-hybridized carbons (Fsp3) is 0.370. The highest BCUT2D eigenvalue weighted by atomic mass is 16.2. The molecular formula is C27H28N4O2. The van der Waals surface area contributed by atoms with Crippen molar-refractivity contribution in [2.45, 2.75) is 63.7 Å². The number of ketones is 1. The van der Waals surface area contributed by atoms with Crippen LogP contribution < -0.4 is 5.32 Å². The molecule has 0 aromatic carbocycles. The first-order valence-corrected chi connectivity index (χ1v) is 11.6. The largest absolute Gasteiger partial charge is 0.310 e. The molecule has 0 bridgehead atoms. The third-order valence-electron chi connectivity index (χ3n) is 7.18. The van der Waals surface area contributed by atoms with E-state index in [2.05, 4.69) is 32.4 Å². The lowest BCUT2D eigenvalue weighted by Crippen LogP contribution is -2.36. The van der Waals surface area contributed by atoms with E-state index in [9.17, 15) is 9.59 Å². The summed E-state index contributed by atoms with van der Waals surface area (Å²) in [7, 11) is 0. The number of pyridine rings is 3. The van der Waals surface area contributed by atoms with Crippen LogP contribution in [-0.2, 0) is 16.6 Å². The molecule has 1 amide bonds. The predicted octanol–water partition coefficient (Wildman–Crippen LogP) is 4.89. The standard InChI is InChI=1S/C27H28N4O2/c1-16-13-18(14-23(30-16)19-7-8-19)6-11-24(32)22-10-9-20(15-29-22)17(2)27(3)21-5-4-12-28-25(21)31-26(27)33/h4-5,9-10,12-15,17,19H,6-8,11H2,1-3H3,(H,28,31,33)/t17-,27-/m1/s1. The number of rotatable bonds is 7. The summed E-state index contributed by atoms with van der Waals surface area (Å²) in [6.45, 7) is 5.97. The molecule has 3 aromatic heterocycles. The van der Waals surface area contributed by atoms with Crippen LogP contribution in [0.5, 0.6) is 0 Å². The van der Waals surface area contributed by atoms with Gasteiger partial charge in [0.15, 0.2) is 5.78 Å². The minimum Gasteiger partial charge on any atom is -0.310 e. The van der Waals surface area contributed by atoms with E-state index >= 15 is 0 Å². The van der Waals surface area contributed by atoms with Crippen LogP contribution in [0.1, 0.15) is 83.5 Å². The Labute approximate surface area is 193 Å². The zero-order valence-corrected chi connectivity index (χ0v) is 19.3. The first-order valence-electron chi connectivity index (χ1n) is 11.6. The molecule has 1 aliphatic carbocycles. The van der Waals surface area contributed by atoms with E-state index in [1.807, 2.05) is 39.0 Å². The molecule has 0 unspecified atom stereocenters. The molecule has 1 saturated carbocycles. The number of aromatic nitrogens is 3. The van der Waals surface area contributed by atoms with Gasteiger partial charge in [0, 0.05) is 47.6 Å². The molecule has 0 radical (unpaired) electrons. The molecule has 1 aliphatic heterocycles. The second-order valence-electron chi connectivity index (χ2n) is 9.49. The van der Waals surface area contributed by atoms with Crippen molar-refractivity contribution in [3.8, 4) is 0 Å². The highest BCUT2D eigenvalue weighted by Gasteiger charge is 2.48.